The van der Waals surface area contributed by atoms with Gasteiger partial charge in [-0.25, -0.2) is 0 Å². The summed E-state index contributed by atoms with van der Waals surface area (Å²) < 4.78 is 0. The van der Waals surface area contributed by atoms with Crippen LogP contribution in [0.4, 0.5) is 0 Å². The van der Waals surface area contributed by atoms with E-state index in [-0.39, 0.29) is 37.0 Å². The van der Waals surface area contributed by atoms with Gasteiger partial charge >= 0.3 is 29.6 Å². The van der Waals surface area contributed by atoms with Gasteiger partial charge in [0.2, 0.25) is 0 Å². The predicted molar refractivity (Wildman–Crippen MR) is 109 cm³/mol. The molecule has 0 rings (SSSR count). The van der Waals surface area contributed by atoms with Crippen molar-refractivity contribution >= 4 is 23.9 Å². The Morgan fingerprint density at radius 2 is 0.966 bits per heavy atom. The number of rotatable bonds is 8. The summed E-state index contributed by atoms with van der Waals surface area (Å²) in [5, 5.41) is 29.7. The van der Waals surface area contributed by atoms with E-state index in [4.69, 9.17) is 51.1 Å². The Hall–Kier alpha value is -1.20. The van der Waals surface area contributed by atoms with Crippen LogP contribution in [0, 0.1) is 0 Å². The van der Waals surface area contributed by atoms with Gasteiger partial charge in [-0.2, -0.15) is 0 Å². The third-order valence-corrected chi connectivity index (χ3v) is 2.23. The molecule has 10 nitrogen and oxygen atoms in total. The first-order valence-electron chi connectivity index (χ1n) is 8.98. The third kappa shape index (κ3) is 213. The Morgan fingerprint density at radius 3 is 1.21 bits per heavy atom. The molecule has 0 aliphatic rings. The Labute approximate surface area is 197 Å². The topological polar surface area (TPSA) is 201 Å². The predicted octanol–water partition coefficient (Wildman–Crippen LogP) is -0.497. The molecule has 1 atom stereocenters. The van der Waals surface area contributed by atoms with Crippen LogP contribution >= 0.6 is 0 Å². The number of hydrogen-bond donors (Lipinski definition) is 6. The second-order valence-electron chi connectivity index (χ2n) is 5.63. The fraction of sp³-hybridized carbons (Fsp3) is 0.778. The molecule has 0 aromatic rings. The van der Waals surface area contributed by atoms with Crippen LogP contribution in [0.1, 0.15) is 81.0 Å². The van der Waals surface area contributed by atoms with Crippen molar-refractivity contribution in [2.24, 2.45) is 11.5 Å². The van der Waals surface area contributed by atoms with Crippen LogP contribution in [0.25, 0.3) is 0 Å². The zero-order valence-electron chi connectivity index (χ0n) is 19.8. The van der Waals surface area contributed by atoms with Gasteiger partial charge in [0, 0.05) is 40.3 Å². The second kappa shape index (κ2) is 37.5. The van der Waals surface area contributed by atoms with Crippen molar-refractivity contribution in [2.75, 3.05) is 6.54 Å². The van der Waals surface area contributed by atoms with Crippen LogP contribution in [0.2, 0.25) is 0 Å². The van der Waals surface area contributed by atoms with Gasteiger partial charge in [-0.15, -0.1) is 0 Å². The van der Waals surface area contributed by atoms with Crippen LogP contribution < -0.4 is 41.0 Å². The number of carboxylic acids is 4. The molecule has 1 unspecified atom stereocenters. The molecular formula is C18H41N2NaO8. The molecule has 29 heavy (non-hydrogen) atoms. The maximum absolute atomic E-state index is 9.00. The quantitative estimate of drug-likeness (QED) is 0.213. The molecule has 0 spiro atoms. The Kier molecular flexibility index (Phi) is 54.4. The van der Waals surface area contributed by atoms with Crippen LogP contribution in [0.5, 0.6) is 0 Å². The van der Waals surface area contributed by atoms with Crippen molar-refractivity contribution in [3.8, 4) is 0 Å². The van der Waals surface area contributed by atoms with E-state index in [1.54, 1.807) is 0 Å². The molecule has 0 saturated heterocycles. The van der Waals surface area contributed by atoms with E-state index in [2.05, 4.69) is 6.92 Å². The molecule has 8 N–H and O–H groups in total. The van der Waals surface area contributed by atoms with Crippen LogP contribution in [-0.4, -0.2) is 56.9 Å². The molecule has 0 fully saturated rings. The average molecular weight is 437 g/mol. The number of nitrogens with two attached hydrogens (primary N) is 2. The normalized spacial score (nSPS) is 8.93. The Morgan fingerprint density at radius 1 is 0.724 bits per heavy atom. The van der Waals surface area contributed by atoms with Gasteiger partial charge in [-0.3, -0.25) is 19.2 Å². The van der Waals surface area contributed by atoms with E-state index in [0.29, 0.717) is 6.54 Å². The van der Waals surface area contributed by atoms with E-state index in [0.717, 1.165) is 34.1 Å². The maximum atomic E-state index is 9.00. The standard InChI is InChI=1S/C10H24N2.4C2H4O2.Na.H/c1-2-3-4-5-6-7-8-10(12)9-11;4*1-2(3)4;;/h10H,2-9,11-12H2,1H3;4*1H3,(H,3,4);;/q;;;;;+1;-1. The fourth-order valence-electron chi connectivity index (χ4n) is 1.30. The van der Waals surface area contributed by atoms with Crippen molar-refractivity contribution in [1.82, 2.24) is 0 Å². The minimum atomic E-state index is -0.833. The van der Waals surface area contributed by atoms with E-state index in [1.165, 1.54) is 38.5 Å². The summed E-state index contributed by atoms with van der Waals surface area (Å²) in [5.74, 6) is -3.33. The van der Waals surface area contributed by atoms with Gasteiger partial charge in [-0.05, 0) is 6.42 Å². The van der Waals surface area contributed by atoms with E-state index >= 15 is 0 Å². The van der Waals surface area contributed by atoms with Gasteiger partial charge in [0.25, 0.3) is 23.9 Å². The average Bonchev–Trinajstić information content (AvgIpc) is 2.48. The largest absolute Gasteiger partial charge is 1.00 e. The minimum Gasteiger partial charge on any atom is -1.00 e. The number of carboxylic acid groups (broad SMARTS) is 4. The summed E-state index contributed by atoms with van der Waals surface area (Å²) in [4.78, 5) is 36.0. The molecule has 0 aliphatic heterocycles. The molecule has 0 bridgehead atoms. The summed E-state index contributed by atoms with van der Waals surface area (Å²) in [6.07, 6.45) is 9.13. The minimum absolute atomic E-state index is 0. The van der Waals surface area contributed by atoms with E-state index in [9.17, 15) is 0 Å². The second-order valence-corrected chi connectivity index (χ2v) is 5.63. The van der Waals surface area contributed by atoms with Gasteiger partial charge in [-0.1, -0.05) is 45.4 Å². The molecule has 0 aromatic carbocycles. The zero-order valence-corrected chi connectivity index (χ0v) is 20.8. The third-order valence-electron chi connectivity index (χ3n) is 2.23. The SMILES string of the molecule is CC(=O)O.CC(=O)O.CC(=O)O.CC(=O)O.CCCCCCCCC(N)CN.[H-].[Na+]. The smallest absolute Gasteiger partial charge is 1.00 e. The fourth-order valence-corrected chi connectivity index (χ4v) is 1.30. The molecule has 172 valence electrons. The molecule has 0 radical (unpaired) electrons. The van der Waals surface area contributed by atoms with Gasteiger partial charge in [0.1, 0.15) is 0 Å². The number of carbonyl (C=O) groups is 4. The van der Waals surface area contributed by atoms with Gasteiger partial charge in [0.15, 0.2) is 0 Å². The monoisotopic (exact) mass is 436 g/mol. The first kappa shape index (κ1) is 42.0. The van der Waals surface area contributed by atoms with Crippen molar-refractivity contribution in [2.45, 2.75) is 85.6 Å². The van der Waals surface area contributed by atoms with Gasteiger partial charge in [0.05, 0.1) is 0 Å². The van der Waals surface area contributed by atoms with Gasteiger partial charge < -0.3 is 33.3 Å². The first-order chi connectivity index (χ1) is 12.7. The summed E-state index contributed by atoms with van der Waals surface area (Å²) in [6.45, 7) is 7.21. The number of unbranched alkanes of at least 4 members (excludes halogenated alkanes) is 5. The summed E-state index contributed by atoms with van der Waals surface area (Å²) >= 11 is 0. The summed E-state index contributed by atoms with van der Waals surface area (Å²) in [6, 6.07) is 0.233. The number of aliphatic carboxylic acids is 4. The molecular weight excluding hydrogens is 395 g/mol. The molecule has 0 aromatic heterocycles. The Balaban J connectivity index is -0.0000000493. The van der Waals surface area contributed by atoms with E-state index < -0.39 is 23.9 Å². The van der Waals surface area contributed by atoms with Crippen molar-refractivity contribution in [3.05, 3.63) is 0 Å². The molecule has 0 saturated carbocycles. The molecule has 11 heteroatoms. The number of hydrogen-bond acceptors (Lipinski definition) is 6. The van der Waals surface area contributed by atoms with Crippen molar-refractivity contribution < 1.29 is 70.6 Å². The van der Waals surface area contributed by atoms with E-state index in [1.807, 2.05) is 0 Å². The molecule has 0 amide bonds. The van der Waals surface area contributed by atoms with Crippen LogP contribution in [0.3, 0.4) is 0 Å². The first-order valence-corrected chi connectivity index (χ1v) is 8.98. The van der Waals surface area contributed by atoms with Crippen molar-refractivity contribution in [3.63, 3.8) is 0 Å². The summed E-state index contributed by atoms with van der Waals surface area (Å²) in [5.41, 5.74) is 11.1. The Bertz CT molecular complexity index is 325. The van der Waals surface area contributed by atoms with Crippen molar-refractivity contribution in [1.29, 1.82) is 0 Å². The maximum Gasteiger partial charge on any atom is 1.00 e. The van der Waals surface area contributed by atoms with Crippen LogP contribution in [0.15, 0.2) is 0 Å². The zero-order chi connectivity index (χ0) is 23.5. The summed E-state index contributed by atoms with van der Waals surface area (Å²) in [7, 11) is 0. The molecule has 0 aliphatic carbocycles. The molecule has 0 heterocycles. The van der Waals surface area contributed by atoms with Crippen LogP contribution in [-0.2, 0) is 19.2 Å².